The number of hydroxylamine groups is 2. The highest BCUT2D eigenvalue weighted by atomic mass is 16.5. The van der Waals surface area contributed by atoms with Gasteiger partial charge in [0.2, 0.25) is 0 Å². The average molecular weight is 254 g/mol. The third kappa shape index (κ3) is 2.59. The minimum absolute atomic E-state index is 0.227. The predicted octanol–water partition coefficient (Wildman–Crippen LogP) is 3.13. The summed E-state index contributed by atoms with van der Waals surface area (Å²) in [6, 6.07) is 0.381. The van der Waals surface area contributed by atoms with Gasteiger partial charge in [0.05, 0.1) is 0 Å². The van der Waals surface area contributed by atoms with Gasteiger partial charge in [0.1, 0.15) is 0 Å². The Kier molecular flexibility index (Phi) is 3.79. The van der Waals surface area contributed by atoms with Gasteiger partial charge in [-0.05, 0) is 66.3 Å². The van der Waals surface area contributed by atoms with E-state index in [0.717, 1.165) is 19.4 Å². The average Bonchev–Trinajstić information content (AvgIpc) is 2.25. The molecule has 2 saturated heterocycles. The van der Waals surface area contributed by atoms with E-state index in [1.54, 1.807) is 5.06 Å². The maximum absolute atomic E-state index is 10.1. The second-order valence-corrected chi connectivity index (χ2v) is 7.58. The molecule has 0 radical (unpaired) electrons. The van der Waals surface area contributed by atoms with Crippen LogP contribution in [-0.4, -0.2) is 45.9 Å². The van der Waals surface area contributed by atoms with Crippen LogP contribution in [0.4, 0.5) is 0 Å². The van der Waals surface area contributed by atoms with Crippen LogP contribution in [0, 0.1) is 5.92 Å². The van der Waals surface area contributed by atoms with Gasteiger partial charge in [0.25, 0.3) is 0 Å². The summed E-state index contributed by atoms with van der Waals surface area (Å²) in [6.45, 7) is 10.2. The van der Waals surface area contributed by atoms with Crippen LogP contribution in [0.3, 0.4) is 0 Å². The molecule has 0 saturated carbocycles. The first-order valence-electron chi connectivity index (χ1n) is 7.43. The van der Waals surface area contributed by atoms with E-state index in [0.29, 0.717) is 12.0 Å². The Hall–Kier alpha value is -0.120. The van der Waals surface area contributed by atoms with Crippen molar-refractivity contribution in [3.63, 3.8) is 0 Å². The minimum Gasteiger partial charge on any atom is -0.314 e. The zero-order valence-electron chi connectivity index (χ0n) is 12.7. The van der Waals surface area contributed by atoms with Gasteiger partial charge in [0.15, 0.2) is 0 Å². The Morgan fingerprint density at radius 3 is 2.06 bits per heavy atom. The van der Waals surface area contributed by atoms with Crippen LogP contribution in [0.15, 0.2) is 0 Å². The summed E-state index contributed by atoms with van der Waals surface area (Å²) < 4.78 is 0. The molecule has 0 aromatic rings. The summed E-state index contributed by atoms with van der Waals surface area (Å²) in [5, 5.41) is 11.8. The highest BCUT2D eigenvalue weighted by Crippen LogP contribution is 2.43. The van der Waals surface area contributed by atoms with E-state index in [4.69, 9.17) is 0 Å². The van der Waals surface area contributed by atoms with Gasteiger partial charge in [-0.25, -0.2) is 0 Å². The number of piperidine rings is 2. The van der Waals surface area contributed by atoms with Crippen LogP contribution in [0.25, 0.3) is 0 Å². The SMILES string of the molecule is CN1C(C)(C)CC(C2CCCCN2O)CC1(C)C. The number of nitrogens with zero attached hydrogens (tertiary/aromatic N) is 2. The fraction of sp³-hybridized carbons (Fsp3) is 1.00. The largest absolute Gasteiger partial charge is 0.314 e. The molecule has 1 N–H and O–H groups in total. The van der Waals surface area contributed by atoms with Crippen LogP contribution in [-0.2, 0) is 0 Å². The maximum Gasteiger partial charge on any atom is 0.0379 e. The molecule has 2 rings (SSSR count). The van der Waals surface area contributed by atoms with Crippen LogP contribution in [0.2, 0.25) is 0 Å². The molecule has 1 atom stereocenters. The summed E-state index contributed by atoms with van der Waals surface area (Å²) >= 11 is 0. The fourth-order valence-electron chi connectivity index (χ4n) is 4.14. The molecule has 2 aliphatic heterocycles. The van der Waals surface area contributed by atoms with Crippen molar-refractivity contribution in [2.75, 3.05) is 13.6 Å². The van der Waals surface area contributed by atoms with E-state index in [9.17, 15) is 5.21 Å². The third-order valence-electron chi connectivity index (χ3n) is 5.40. The van der Waals surface area contributed by atoms with Gasteiger partial charge in [-0.2, -0.15) is 5.06 Å². The highest BCUT2D eigenvalue weighted by molar-refractivity contribution is 5.01. The first kappa shape index (κ1) is 14.3. The quantitative estimate of drug-likeness (QED) is 0.779. The van der Waals surface area contributed by atoms with Gasteiger partial charge in [-0.1, -0.05) is 6.42 Å². The Morgan fingerprint density at radius 2 is 1.56 bits per heavy atom. The third-order valence-corrected chi connectivity index (χ3v) is 5.40. The van der Waals surface area contributed by atoms with Crippen molar-refractivity contribution in [2.24, 2.45) is 5.92 Å². The molecule has 0 amide bonds. The summed E-state index contributed by atoms with van der Waals surface area (Å²) in [4.78, 5) is 2.51. The lowest BCUT2D eigenvalue weighted by Gasteiger charge is -2.56. The van der Waals surface area contributed by atoms with Gasteiger partial charge in [0, 0.05) is 23.7 Å². The predicted molar refractivity (Wildman–Crippen MR) is 74.8 cm³/mol. The van der Waals surface area contributed by atoms with Gasteiger partial charge < -0.3 is 5.21 Å². The Morgan fingerprint density at radius 1 is 1.00 bits per heavy atom. The molecule has 0 aromatic heterocycles. The molecule has 2 fully saturated rings. The lowest BCUT2D eigenvalue weighted by Crippen LogP contribution is -2.61. The fourth-order valence-corrected chi connectivity index (χ4v) is 4.14. The number of hydrogen-bond donors (Lipinski definition) is 1. The van der Waals surface area contributed by atoms with Crippen molar-refractivity contribution in [3.8, 4) is 0 Å². The van der Waals surface area contributed by atoms with Crippen molar-refractivity contribution in [2.45, 2.75) is 76.9 Å². The molecule has 3 heteroatoms. The molecule has 0 spiro atoms. The molecule has 2 heterocycles. The Bertz CT molecular complexity index is 283. The summed E-state index contributed by atoms with van der Waals surface area (Å²) in [5.41, 5.74) is 0.454. The lowest BCUT2D eigenvalue weighted by atomic mass is 9.70. The van der Waals surface area contributed by atoms with E-state index in [2.05, 4.69) is 39.6 Å². The summed E-state index contributed by atoms with van der Waals surface area (Å²) in [5.74, 6) is 0.622. The van der Waals surface area contributed by atoms with E-state index in [1.165, 1.54) is 19.3 Å². The standard InChI is InChI=1S/C15H30N2O/c1-14(2)10-12(11-15(3,4)16(14)5)13-8-6-7-9-17(13)18/h12-13,18H,6-11H2,1-5H3. The first-order chi connectivity index (χ1) is 8.24. The molecule has 1 unspecified atom stereocenters. The normalized spacial score (nSPS) is 34.7. The van der Waals surface area contributed by atoms with Gasteiger partial charge in [-0.3, -0.25) is 4.90 Å². The van der Waals surface area contributed by atoms with Crippen molar-refractivity contribution in [3.05, 3.63) is 0 Å². The number of likely N-dealkylation sites (tertiary alicyclic amines) is 1. The van der Waals surface area contributed by atoms with E-state index in [1.807, 2.05) is 0 Å². The van der Waals surface area contributed by atoms with Crippen LogP contribution in [0.5, 0.6) is 0 Å². The van der Waals surface area contributed by atoms with Crippen molar-refractivity contribution >= 4 is 0 Å². The van der Waals surface area contributed by atoms with Crippen molar-refractivity contribution in [1.29, 1.82) is 0 Å². The Balaban J connectivity index is 2.14. The zero-order valence-corrected chi connectivity index (χ0v) is 12.7. The molecular weight excluding hydrogens is 224 g/mol. The van der Waals surface area contributed by atoms with Crippen molar-refractivity contribution in [1.82, 2.24) is 9.96 Å². The maximum atomic E-state index is 10.1. The zero-order chi connectivity index (χ0) is 13.6. The summed E-state index contributed by atoms with van der Waals surface area (Å²) in [7, 11) is 2.24. The molecule has 18 heavy (non-hydrogen) atoms. The molecule has 0 bridgehead atoms. The molecule has 2 aliphatic rings. The second-order valence-electron chi connectivity index (χ2n) is 7.58. The molecule has 0 aliphatic carbocycles. The highest BCUT2D eigenvalue weighted by Gasteiger charge is 2.46. The molecule has 0 aromatic carbocycles. The molecule has 3 nitrogen and oxygen atoms in total. The van der Waals surface area contributed by atoms with E-state index >= 15 is 0 Å². The van der Waals surface area contributed by atoms with Gasteiger partial charge >= 0.3 is 0 Å². The number of rotatable bonds is 1. The van der Waals surface area contributed by atoms with Crippen molar-refractivity contribution < 1.29 is 5.21 Å². The lowest BCUT2D eigenvalue weighted by molar-refractivity contribution is -0.174. The topological polar surface area (TPSA) is 26.7 Å². The monoisotopic (exact) mass is 254 g/mol. The Labute approximate surface area is 112 Å². The first-order valence-corrected chi connectivity index (χ1v) is 7.43. The van der Waals surface area contributed by atoms with E-state index in [-0.39, 0.29) is 11.1 Å². The molecule has 106 valence electrons. The van der Waals surface area contributed by atoms with Crippen LogP contribution in [0.1, 0.15) is 59.8 Å². The summed E-state index contributed by atoms with van der Waals surface area (Å²) in [6.07, 6.45) is 5.96. The van der Waals surface area contributed by atoms with E-state index < -0.39 is 0 Å². The number of hydrogen-bond acceptors (Lipinski definition) is 3. The van der Waals surface area contributed by atoms with Crippen LogP contribution < -0.4 is 0 Å². The van der Waals surface area contributed by atoms with Crippen LogP contribution >= 0.6 is 0 Å². The minimum atomic E-state index is 0.227. The molecular formula is C15H30N2O. The smallest absolute Gasteiger partial charge is 0.0379 e. The second kappa shape index (κ2) is 4.77. The van der Waals surface area contributed by atoms with Gasteiger partial charge in [-0.15, -0.1) is 0 Å².